The average molecular weight is 258 g/mol. The molecule has 0 amide bonds. The van der Waals surface area contributed by atoms with E-state index in [1.54, 1.807) is 31.2 Å². The van der Waals surface area contributed by atoms with Crippen LogP contribution >= 0.6 is 0 Å². The van der Waals surface area contributed by atoms with Gasteiger partial charge in [-0.1, -0.05) is 36.4 Å². The second-order valence-corrected chi connectivity index (χ2v) is 4.94. The highest BCUT2D eigenvalue weighted by atomic mass is 19.1. The van der Waals surface area contributed by atoms with Crippen molar-refractivity contribution in [1.29, 1.82) is 0 Å². The van der Waals surface area contributed by atoms with Crippen molar-refractivity contribution in [2.45, 2.75) is 18.9 Å². The topological polar surface area (TPSA) is 29.5 Å². The Bertz CT molecular complexity index is 620. The fourth-order valence-corrected chi connectivity index (χ4v) is 2.60. The lowest BCUT2D eigenvalue weighted by Gasteiger charge is -2.26. The molecule has 1 heterocycles. The normalized spacial score (nSPS) is 16.6. The molecule has 2 aromatic carbocycles. The summed E-state index contributed by atoms with van der Waals surface area (Å²) in [5.41, 5.74) is 0.543. The zero-order chi connectivity index (χ0) is 13.5. The third-order valence-corrected chi connectivity index (χ3v) is 3.64. The van der Waals surface area contributed by atoms with Crippen molar-refractivity contribution >= 4 is 0 Å². The number of aliphatic hydroxyl groups is 1. The Hall–Kier alpha value is -1.87. The van der Waals surface area contributed by atoms with Gasteiger partial charge in [0.2, 0.25) is 0 Å². The van der Waals surface area contributed by atoms with Crippen LogP contribution in [0.5, 0.6) is 5.75 Å². The van der Waals surface area contributed by atoms with Crippen LogP contribution in [-0.2, 0) is 12.0 Å². The van der Waals surface area contributed by atoms with E-state index >= 15 is 0 Å². The molecule has 1 N–H and O–H groups in total. The second kappa shape index (κ2) is 4.35. The van der Waals surface area contributed by atoms with Gasteiger partial charge < -0.3 is 9.84 Å². The van der Waals surface area contributed by atoms with Crippen LogP contribution in [0, 0.1) is 5.82 Å². The molecule has 98 valence electrons. The van der Waals surface area contributed by atoms with E-state index in [9.17, 15) is 9.50 Å². The summed E-state index contributed by atoms with van der Waals surface area (Å²) in [6, 6.07) is 11.9. The maximum Gasteiger partial charge on any atom is 0.129 e. The standard InChI is InChI=1S/C16H15FO2/c1-16(18,12-6-2-3-8-14(12)17)13-7-4-5-11-9-10-19-15(11)13/h2-8,18H,9-10H2,1H3. The average Bonchev–Trinajstić information content (AvgIpc) is 2.86. The van der Waals surface area contributed by atoms with Crippen molar-refractivity contribution in [3.8, 4) is 5.75 Å². The van der Waals surface area contributed by atoms with Gasteiger partial charge in [0.15, 0.2) is 0 Å². The Morgan fingerprint density at radius 2 is 1.84 bits per heavy atom. The van der Waals surface area contributed by atoms with Gasteiger partial charge in [0.05, 0.1) is 6.61 Å². The zero-order valence-corrected chi connectivity index (χ0v) is 10.7. The van der Waals surface area contributed by atoms with Crippen molar-refractivity contribution in [3.05, 3.63) is 65.0 Å². The molecule has 3 rings (SSSR count). The SMILES string of the molecule is CC(O)(c1ccccc1F)c1cccc2c1OCC2. The van der Waals surface area contributed by atoms with Gasteiger partial charge in [-0.2, -0.15) is 0 Å². The quantitative estimate of drug-likeness (QED) is 0.897. The number of para-hydroxylation sites is 1. The summed E-state index contributed by atoms with van der Waals surface area (Å²) in [4.78, 5) is 0. The van der Waals surface area contributed by atoms with E-state index < -0.39 is 11.4 Å². The third-order valence-electron chi connectivity index (χ3n) is 3.64. The molecule has 0 saturated carbocycles. The number of rotatable bonds is 2. The van der Waals surface area contributed by atoms with E-state index in [2.05, 4.69) is 0 Å². The zero-order valence-electron chi connectivity index (χ0n) is 10.7. The van der Waals surface area contributed by atoms with Crippen LogP contribution in [0.4, 0.5) is 4.39 Å². The predicted octanol–water partition coefficient (Wildman–Crippen LogP) is 3.02. The molecule has 2 nitrogen and oxygen atoms in total. The molecule has 0 aromatic heterocycles. The Morgan fingerprint density at radius 1 is 1.11 bits per heavy atom. The van der Waals surface area contributed by atoms with E-state index in [1.807, 2.05) is 12.1 Å². The largest absolute Gasteiger partial charge is 0.493 e. The first-order valence-electron chi connectivity index (χ1n) is 6.33. The smallest absolute Gasteiger partial charge is 0.129 e. The second-order valence-electron chi connectivity index (χ2n) is 4.94. The van der Waals surface area contributed by atoms with Gasteiger partial charge in [0.25, 0.3) is 0 Å². The third kappa shape index (κ3) is 1.90. The Balaban J connectivity index is 2.16. The number of hydrogen-bond donors (Lipinski definition) is 1. The summed E-state index contributed by atoms with van der Waals surface area (Å²) in [6.07, 6.45) is 0.830. The van der Waals surface area contributed by atoms with Crippen molar-refractivity contribution in [3.63, 3.8) is 0 Å². The molecule has 1 unspecified atom stereocenters. The molecule has 3 heteroatoms. The monoisotopic (exact) mass is 258 g/mol. The predicted molar refractivity (Wildman–Crippen MR) is 70.7 cm³/mol. The maximum atomic E-state index is 13.9. The van der Waals surface area contributed by atoms with Crippen LogP contribution in [-0.4, -0.2) is 11.7 Å². The summed E-state index contributed by atoms with van der Waals surface area (Å²) < 4.78 is 19.5. The number of fused-ring (bicyclic) bond motifs is 1. The van der Waals surface area contributed by atoms with Crippen molar-refractivity contribution in [2.75, 3.05) is 6.61 Å². The lowest BCUT2D eigenvalue weighted by atomic mass is 9.86. The highest BCUT2D eigenvalue weighted by molar-refractivity contribution is 5.50. The first-order chi connectivity index (χ1) is 9.10. The lowest BCUT2D eigenvalue weighted by molar-refractivity contribution is 0.0946. The molecule has 2 aromatic rings. The molecular weight excluding hydrogens is 243 g/mol. The molecule has 0 saturated heterocycles. The van der Waals surface area contributed by atoms with Gasteiger partial charge in [-0.05, 0) is 18.6 Å². The fraction of sp³-hybridized carbons (Fsp3) is 0.250. The Morgan fingerprint density at radius 3 is 2.63 bits per heavy atom. The summed E-state index contributed by atoms with van der Waals surface area (Å²) in [7, 11) is 0. The molecule has 0 fully saturated rings. The minimum Gasteiger partial charge on any atom is -0.493 e. The molecule has 0 spiro atoms. The fourth-order valence-electron chi connectivity index (χ4n) is 2.60. The maximum absolute atomic E-state index is 13.9. The highest BCUT2D eigenvalue weighted by Crippen LogP contribution is 2.40. The molecule has 0 bridgehead atoms. The minimum absolute atomic E-state index is 0.263. The molecule has 1 aliphatic rings. The van der Waals surface area contributed by atoms with Crippen LogP contribution in [0.3, 0.4) is 0 Å². The van der Waals surface area contributed by atoms with Crippen LogP contribution < -0.4 is 4.74 Å². The summed E-state index contributed by atoms with van der Waals surface area (Å²) in [5, 5.41) is 10.8. The molecule has 0 radical (unpaired) electrons. The van der Waals surface area contributed by atoms with Crippen molar-refractivity contribution in [1.82, 2.24) is 0 Å². The number of benzene rings is 2. The minimum atomic E-state index is -1.40. The Kier molecular flexibility index (Phi) is 2.79. The van der Waals surface area contributed by atoms with Gasteiger partial charge in [0.1, 0.15) is 17.2 Å². The van der Waals surface area contributed by atoms with Gasteiger partial charge in [-0.3, -0.25) is 0 Å². The van der Waals surface area contributed by atoms with E-state index in [-0.39, 0.29) is 5.56 Å². The van der Waals surface area contributed by atoms with Crippen molar-refractivity contribution < 1.29 is 14.2 Å². The van der Waals surface area contributed by atoms with Gasteiger partial charge in [0, 0.05) is 17.5 Å². The van der Waals surface area contributed by atoms with Gasteiger partial charge in [-0.15, -0.1) is 0 Å². The van der Waals surface area contributed by atoms with Crippen LogP contribution in [0.25, 0.3) is 0 Å². The Labute approximate surface area is 111 Å². The summed E-state index contributed by atoms with van der Waals surface area (Å²) in [6.45, 7) is 2.21. The highest BCUT2D eigenvalue weighted by Gasteiger charge is 2.33. The van der Waals surface area contributed by atoms with E-state index in [0.29, 0.717) is 17.9 Å². The van der Waals surface area contributed by atoms with Gasteiger partial charge >= 0.3 is 0 Å². The van der Waals surface area contributed by atoms with Gasteiger partial charge in [-0.25, -0.2) is 4.39 Å². The molecular formula is C16H15FO2. The molecule has 1 aliphatic heterocycles. The number of ether oxygens (including phenoxy) is 1. The van der Waals surface area contributed by atoms with E-state index in [1.165, 1.54) is 6.07 Å². The first-order valence-corrected chi connectivity index (χ1v) is 6.33. The lowest BCUT2D eigenvalue weighted by Crippen LogP contribution is -2.25. The molecule has 19 heavy (non-hydrogen) atoms. The van der Waals surface area contributed by atoms with Crippen LogP contribution in [0.15, 0.2) is 42.5 Å². The number of halogens is 1. The molecule has 1 atom stereocenters. The summed E-state index contributed by atoms with van der Waals surface area (Å²) >= 11 is 0. The number of hydrogen-bond acceptors (Lipinski definition) is 2. The molecule has 0 aliphatic carbocycles. The van der Waals surface area contributed by atoms with E-state index in [4.69, 9.17) is 4.74 Å². The van der Waals surface area contributed by atoms with Crippen LogP contribution in [0.1, 0.15) is 23.6 Å². The summed E-state index contributed by atoms with van der Waals surface area (Å²) in [5.74, 6) is 0.277. The van der Waals surface area contributed by atoms with Crippen LogP contribution in [0.2, 0.25) is 0 Å². The van der Waals surface area contributed by atoms with Crippen molar-refractivity contribution in [2.24, 2.45) is 0 Å². The first kappa shape index (κ1) is 12.2. The van der Waals surface area contributed by atoms with E-state index in [0.717, 1.165) is 12.0 Å².